The third-order valence-corrected chi connectivity index (χ3v) is 7.38. The van der Waals surface area contributed by atoms with Gasteiger partial charge in [0.25, 0.3) is 0 Å². The SMILES string of the molecule is CCON=C(c1ccc(F)c(F)c1)c1ccc(CN2CCC3(CCN(c4ccc5nncn5n4)C3)C2)cn1. The highest BCUT2D eigenvalue weighted by molar-refractivity contribution is 6.11. The molecule has 0 saturated carbocycles. The molecule has 2 saturated heterocycles. The Morgan fingerprint density at radius 2 is 1.95 bits per heavy atom. The second-order valence-corrected chi connectivity index (χ2v) is 10.00. The fourth-order valence-electron chi connectivity index (χ4n) is 5.45. The maximum Gasteiger partial charge on any atom is 0.177 e. The average molecular weight is 519 g/mol. The number of halogens is 2. The summed E-state index contributed by atoms with van der Waals surface area (Å²) in [5.74, 6) is -0.890. The van der Waals surface area contributed by atoms with Crippen molar-refractivity contribution in [3.63, 3.8) is 0 Å². The first-order valence-corrected chi connectivity index (χ1v) is 12.8. The van der Waals surface area contributed by atoms with Crippen LogP contribution in [0.1, 0.15) is 36.6 Å². The van der Waals surface area contributed by atoms with E-state index in [0.29, 0.717) is 23.6 Å². The molecule has 0 radical (unpaired) electrons. The van der Waals surface area contributed by atoms with Gasteiger partial charge in [0.15, 0.2) is 17.3 Å². The molecule has 38 heavy (non-hydrogen) atoms. The summed E-state index contributed by atoms with van der Waals surface area (Å²) < 4.78 is 29.0. The predicted molar refractivity (Wildman–Crippen MR) is 138 cm³/mol. The monoisotopic (exact) mass is 518 g/mol. The standard InChI is InChI=1S/C27H28F2N8O/c1-2-38-34-26(20-4-5-21(28)22(29)13-20)23-6-3-19(14-30-23)15-35-11-9-27(16-35)10-12-36(17-27)25-8-7-24-32-31-18-37(24)33-25/h3-8,13-14,18H,2,9-12,15-17H2,1H3. The highest BCUT2D eigenvalue weighted by Crippen LogP contribution is 2.41. The summed E-state index contributed by atoms with van der Waals surface area (Å²) in [6.45, 7) is 6.96. The van der Waals surface area contributed by atoms with E-state index in [9.17, 15) is 8.78 Å². The van der Waals surface area contributed by atoms with Crippen LogP contribution in [0, 0.1) is 17.0 Å². The Kier molecular flexibility index (Phi) is 6.44. The molecule has 2 fully saturated rings. The molecule has 6 rings (SSSR count). The summed E-state index contributed by atoms with van der Waals surface area (Å²) in [5.41, 5.74) is 3.39. The number of anilines is 1. The normalized spacial score (nSPS) is 20.2. The van der Waals surface area contributed by atoms with Crippen LogP contribution in [0.3, 0.4) is 0 Å². The van der Waals surface area contributed by atoms with Crippen LogP contribution in [-0.2, 0) is 11.4 Å². The van der Waals surface area contributed by atoms with Crippen molar-refractivity contribution < 1.29 is 13.6 Å². The molecule has 0 amide bonds. The number of aromatic nitrogens is 5. The van der Waals surface area contributed by atoms with Gasteiger partial charge in [0.2, 0.25) is 0 Å². The van der Waals surface area contributed by atoms with Gasteiger partial charge in [-0.05, 0) is 68.3 Å². The number of benzene rings is 1. The van der Waals surface area contributed by atoms with Crippen molar-refractivity contribution in [2.45, 2.75) is 26.3 Å². The van der Waals surface area contributed by atoms with Gasteiger partial charge in [-0.1, -0.05) is 11.2 Å². The van der Waals surface area contributed by atoms with E-state index < -0.39 is 11.6 Å². The van der Waals surface area contributed by atoms with Crippen LogP contribution in [0.25, 0.3) is 5.65 Å². The highest BCUT2D eigenvalue weighted by Gasteiger charge is 2.43. The maximum absolute atomic E-state index is 13.9. The molecule has 5 heterocycles. The summed E-state index contributed by atoms with van der Waals surface area (Å²) in [6.07, 6.45) is 5.73. The van der Waals surface area contributed by atoms with Crippen molar-refractivity contribution in [2.75, 3.05) is 37.7 Å². The lowest BCUT2D eigenvalue weighted by molar-refractivity contribution is 0.159. The van der Waals surface area contributed by atoms with Crippen LogP contribution in [0.15, 0.2) is 60.1 Å². The molecule has 196 valence electrons. The minimum absolute atomic E-state index is 0.251. The zero-order valence-corrected chi connectivity index (χ0v) is 21.1. The average Bonchev–Trinajstić information content (AvgIpc) is 3.67. The third-order valence-electron chi connectivity index (χ3n) is 7.38. The van der Waals surface area contributed by atoms with Crippen LogP contribution in [0.5, 0.6) is 0 Å². The Hall–Kier alpha value is -3.99. The molecule has 0 bridgehead atoms. The van der Waals surface area contributed by atoms with Gasteiger partial charge in [0.1, 0.15) is 24.5 Å². The van der Waals surface area contributed by atoms with E-state index in [1.807, 2.05) is 37.4 Å². The summed E-state index contributed by atoms with van der Waals surface area (Å²) in [7, 11) is 0. The number of likely N-dealkylation sites (tertiary alicyclic amines) is 1. The molecule has 1 aromatic carbocycles. The molecule has 0 N–H and O–H groups in total. The van der Waals surface area contributed by atoms with Crippen molar-refractivity contribution >= 4 is 17.2 Å². The number of nitrogens with zero attached hydrogens (tertiary/aromatic N) is 8. The van der Waals surface area contributed by atoms with Crippen LogP contribution < -0.4 is 4.90 Å². The van der Waals surface area contributed by atoms with E-state index in [4.69, 9.17) is 4.84 Å². The van der Waals surface area contributed by atoms with E-state index in [2.05, 4.69) is 35.2 Å². The van der Waals surface area contributed by atoms with Crippen LogP contribution >= 0.6 is 0 Å². The van der Waals surface area contributed by atoms with Crippen LogP contribution in [-0.4, -0.2) is 68.2 Å². The van der Waals surface area contributed by atoms with E-state index in [1.54, 1.807) is 10.8 Å². The third kappa shape index (κ3) is 4.81. The molecule has 9 nitrogen and oxygen atoms in total. The molecule has 1 unspecified atom stereocenters. The predicted octanol–water partition coefficient (Wildman–Crippen LogP) is 3.69. The lowest BCUT2D eigenvalue weighted by atomic mass is 9.86. The van der Waals surface area contributed by atoms with Gasteiger partial charge in [0.05, 0.1) is 5.69 Å². The largest absolute Gasteiger partial charge is 0.396 e. The zero-order valence-electron chi connectivity index (χ0n) is 21.1. The quantitative estimate of drug-likeness (QED) is 0.273. The molecule has 0 aliphatic carbocycles. The number of hydrogen-bond acceptors (Lipinski definition) is 8. The van der Waals surface area contributed by atoms with E-state index >= 15 is 0 Å². The Bertz CT molecular complexity index is 1470. The summed E-state index contributed by atoms with van der Waals surface area (Å²) >= 11 is 0. The summed E-state index contributed by atoms with van der Waals surface area (Å²) in [6, 6.07) is 11.5. The molecular formula is C27H28F2N8O. The first-order chi connectivity index (χ1) is 18.5. The molecule has 2 aliphatic heterocycles. The van der Waals surface area contributed by atoms with Crippen LogP contribution in [0.4, 0.5) is 14.6 Å². The molecule has 11 heteroatoms. The Morgan fingerprint density at radius 1 is 1.05 bits per heavy atom. The Labute approximate surface area is 218 Å². The van der Waals surface area contributed by atoms with Crippen molar-refractivity contribution in [2.24, 2.45) is 10.6 Å². The topological polar surface area (TPSA) is 84.0 Å². The smallest absolute Gasteiger partial charge is 0.177 e. The Morgan fingerprint density at radius 3 is 2.76 bits per heavy atom. The van der Waals surface area contributed by atoms with Crippen molar-refractivity contribution in [1.82, 2.24) is 29.7 Å². The van der Waals surface area contributed by atoms with Gasteiger partial charge in [-0.3, -0.25) is 9.88 Å². The first-order valence-electron chi connectivity index (χ1n) is 12.8. The Balaban J connectivity index is 1.11. The minimum Gasteiger partial charge on any atom is -0.396 e. The number of rotatable bonds is 7. The molecule has 3 aromatic heterocycles. The van der Waals surface area contributed by atoms with E-state index in [1.165, 1.54) is 6.07 Å². The van der Waals surface area contributed by atoms with Crippen molar-refractivity contribution in [3.8, 4) is 0 Å². The van der Waals surface area contributed by atoms with E-state index in [-0.39, 0.29) is 5.41 Å². The lowest BCUT2D eigenvalue weighted by Crippen LogP contribution is -2.31. The number of oxime groups is 1. The summed E-state index contributed by atoms with van der Waals surface area (Å²) in [4.78, 5) is 14.6. The van der Waals surface area contributed by atoms with Crippen molar-refractivity contribution in [1.29, 1.82) is 0 Å². The van der Waals surface area contributed by atoms with Gasteiger partial charge < -0.3 is 9.74 Å². The van der Waals surface area contributed by atoms with Gasteiger partial charge in [-0.2, -0.15) is 4.52 Å². The summed E-state index contributed by atoms with van der Waals surface area (Å²) in [5, 5.41) is 16.7. The lowest BCUT2D eigenvalue weighted by Gasteiger charge is -2.25. The molecule has 1 spiro atoms. The number of pyridine rings is 1. The van der Waals surface area contributed by atoms with Crippen LogP contribution in [0.2, 0.25) is 0 Å². The molecule has 1 atom stereocenters. The highest BCUT2D eigenvalue weighted by atomic mass is 19.2. The molecule has 4 aromatic rings. The molecule has 2 aliphatic rings. The fourth-order valence-corrected chi connectivity index (χ4v) is 5.45. The first kappa shape index (κ1) is 24.4. The van der Waals surface area contributed by atoms with E-state index in [0.717, 1.165) is 74.7 Å². The van der Waals surface area contributed by atoms with Gasteiger partial charge in [-0.25, -0.2) is 8.78 Å². The maximum atomic E-state index is 13.9. The fraction of sp³-hybridized carbons (Fsp3) is 0.370. The van der Waals surface area contributed by atoms with Crippen molar-refractivity contribution in [3.05, 3.63) is 83.4 Å². The zero-order chi connectivity index (χ0) is 26.1. The number of hydrogen-bond donors (Lipinski definition) is 0. The second-order valence-electron chi connectivity index (χ2n) is 10.00. The molecular weight excluding hydrogens is 490 g/mol. The number of fused-ring (bicyclic) bond motifs is 1. The minimum atomic E-state index is -0.938. The van der Waals surface area contributed by atoms with Gasteiger partial charge in [0, 0.05) is 43.4 Å². The second kappa shape index (κ2) is 10.1. The van der Waals surface area contributed by atoms with Gasteiger partial charge >= 0.3 is 0 Å². The van der Waals surface area contributed by atoms with Gasteiger partial charge in [-0.15, -0.1) is 15.3 Å².